The molecular formula is C34H28Cl2N8O8S2. The van der Waals surface area contributed by atoms with Gasteiger partial charge in [-0.1, -0.05) is 23.2 Å². The number of rotatable bonds is 10. The fraction of sp³-hybridized carbons (Fsp3) is 0. The molecule has 8 N–H and O–H groups in total. The summed E-state index contributed by atoms with van der Waals surface area (Å²) in [6, 6.07) is 24.9. The molecule has 0 aliphatic rings. The van der Waals surface area contributed by atoms with E-state index in [1.165, 1.54) is 72.8 Å². The fourth-order valence-corrected chi connectivity index (χ4v) is 6.47. The minimum Gasteiger partial charge on any atom is -0.308 e. The lowest BCUT2D eigenvalue weighted by atomic mass is 10.3. The van der Waals surface area contributed by atoms with Crippen LogP contribution in [0.1, 0.15) is 0 Å². The SMILES string of the molecule is O=C(Nc1ccc(Cl)cc1)Nc1ccc(S(=O)(=O)NC(=O)Nc2ccc(NC(=O)NS(=O)(=O)c3ccc(NC(=O)Nc4ccc(Cl)cc4)cc3)cc2)cc1. The van der Waals surface area contributed by atoms with Crippen molar-refractivity contribution in [2.45, 2.75) is 9.79 Å². The Bertz CT molecular complexity index is 2210. The van der Waals surface area contributed by atoms with Gasteiger partial charge in [0, 0.05) is 44.2 Å². The molecule has 0 saturated carbocycles. The summed E-state index contributed by atoms with van der Waals surface area (Å²) in [5, 5.41) is 16.0. The van der Waals surface area contributed by atoms with E-state index in [-0.39, 0.29) is 32.5 Å². The second-order valence-electron chi connectivity index (χ2n) is 10.9. The summed E-state index contributed by atoms with van der Waals surface area (Å²) in [4.78, 5) is 48.9. The lowest BCUT2D eigenvalue weighted by Gasteiger charge is -2.12. The van der Waals surface area contributed by atoms with Gasteiger partial charge in [-0.05, 0) is 121 Å². The van der Waals surface area contributed by atoms with Crippen molar-refractivity contribution in [3.63, 3.8) is 0 Å². The first-order valence-corrected chi connectivity index (χ1v) is 19.0. The van der Waals surface area contributed by atoms with Crippen LogP contribution in [0, 0.1) is 0 Å². The molecule has 0 saturated heterocycles. The minimum atomic E-state index is -4.31. The molecule has 5 aromatic carbocycles. The number of hydrogen-bond donors (Lipinski definition) is 8. The van der Waals surface area contributed by atoms with Crippen molar-refractivity contribution in [2.24, 2.45) is 0 Å². The van der Waals surface area contributed by atoms with Gasteiger partial charge in [-0.3, -0.25) is 0 Å². The van der Waals surface area contributed by atoms with Crippen LogP contribution in [0.15, 0.2) is 131 Å². The summed E-state index contributed by atoms with van der Waals surface area (Å²) < 4.78 is 54.7. The van der Waals surface area contributed by atoms with Crippen molar-refractivity contribution < 1.29 is 36.0 Å². The van der Waals surface area contributed by atoms with Crippen molar-refractivity contribution in [2.75, 3.05) is 31.9 Å². The van der Waals surface area contributed by atoms with Crippen LogP contribution in [0.3, 0.4) is 0 Å². The monoisotopic (exact) mass is 810 g/mol. The average molecular weight is 812 g/mol. The summed E-state index contributed by atoms with van der Waals surface area (Å²) in [5.41, 5.74) is 1.83. The number of benzene rings is 5. The van der Waals surface area contributed by atoms with Gasteiger partial charge in [-0.15, -0.1) is 0 Å². The van der Waals surface area contributed by atoms with E-state index < -0.39 is 44.2 Å². The van der Waals surface area contributed by atoms with Crippen LogP contribution in [0.25, 0.3) is 0 Å². The molecule has 16 nitrogen and oxygen atoms in total. The van der Waals surface area contributed by atoms with E-state index in [2.05, 4.69) is 31.9 Å². The Morgan fingerprint density at radius 2 is 0.537 bits per heavy atom. The first kappa shape index (κ1) is 38.9. The maximum atomic E-state index is 12.7. The quantitative estimate of drug-likeness (QED) is 0.0711. The van der Waals surface area contributed by atoms with Gasteiger partial charge in [-0.25, -0.2) is 45.5 Å². The molecule has 0 aliphatic carbocycles. The third-order valence-corrected chi connectivity index (χ3v) is 10.1. The maximum absolute atomic E-state index is 12.7. The van der Waals surface area contributed by atoms with Gasteiger partial charge in [0.1, 0.15) is 0 Å². The second-order valence-corrected chi connectivity index (χ2v) is 15.2. The summed E-state index contributed by atoms with van der Waals surface area (Å²) in [5.74, 6) is 0. The summed E-state index contributed by atoms with van der Waals surface area (Å²) in [6.45, 7) is 0. The largest absolute Gasteiger partial charge is 0.333 e. The molecule has 0 bridgehead atoms. The topological polar surface area (TPSA) is 233 Å². The van der Waals surface area contributed by atoms with Crippen molar-refractivity contribution in [1.29, 1.82) is 0 Å². The van der Waals surface area contributed by atoms with E-state index in [0.717, 1.165) is 0 Å². The summed E-state index contributed by atoms with van der Waals surface area (Å²) in [6.07, 6.45) is 0. The molecule has 0 unspecified atom stereocenters. The van der Waals surface area contributed by atoms with E-state index in [1.807, 2.05) is 9.44 Å². The van der Waals surface area contributed by atoms with Crippen LogP contribution in [0.4, 0.5) is 53.3 Å². The normalized spacial score (nSPS) is 11.0. The fourth-order valence-electron chi connectivity index (χ4n) is 4.40. The molecule has 20 heteroatoms. The first-order chi connectivity index (χ1) is 25.6. The van der Waals surface area contributed by atoms with Crippen LogP contribution in [0.2, 0.25) is 10.0 Å². The van der Waals surface area contributed by atoms with Crippen LogP contribution in [0.5, 0.6) is 0 Å². The number of halogens is 2. The molecule has 0 radical (unpaired) electrons. The minimum absolute atomic E-state index is 0.142. The number of anilines is 6. The number of carbonyl (C=O) groups is 4. The van der Waals surface area contributed by atoms with Gasteiger partial charge in [0.05, 0.1) is 9.79 Å². The van der Waals surface area contributed by atoms with Crippen LogP contribution in [-0.4, -0.2) is 41.0 Å². The van der Waals surface area contributed by atoms with Gasteiger partial charge >= 0.3 is 24.1 Å². The van der Waals surface area contributed by atoms with Crippen molar-refractivity contribution in [3.8, 4) is 0 Å². The zero-order chi connectivity index (χ0) is 38.9. The Morgan fingerprint density at radius 1 is 0.333 bits per heavy atom. The number of hydrogen-bond acceptors (Lipinski definition) is 8. The Morgan fingerprint density at radius 3 is 0.796 bits per heavy atom. The van der Waals surface area contributed by atoms with Gasteiger partial charge in [0.15, 0.2) is 0 Å². The van der Waals surface area contributed by atoms with Crippen molar-refractivity contribution in [3.05, 3.63) is 131 Å². The second kappa shape index (κ2) is 17.0. The van der Waals surface area contributed by atoms with Gasteiger partial charge in [-0.2, -0.15) is 0 Å². The standard InChI is InChI=1S/C34H28Cl2N8O8S2/c35-21-1-5-23(6-2-21)37-31(45)39-27-13-17-29(18-14-27)53(49,50)43-33(47)41-25-9-11-26(12-10-25)42-34(48)44-54(51,52)30-19-15-28(16-20-30)40-32(46)38-24-7-3-22(36)4-8-24/h1-20H,(H2,37,39,45)(H2,38,40,46)(H2,41,43,47)(H2,42,44,48). The highest BCUT2D eigenvalue weighted by Crippen LogP contribution is 2.19. The number of urea groups is 4. The van der Waals surface area contributed by atoms with E-state index in [9.17, 15) is 36.0 Å². The zero-order valence-corrected chi connectivity index (χ0v) is 30.5. The Hall–Kier alpha value is -6.34. The molecule has 54 heavy (non-hydrogen) atoms. The van der Waals surface area contributed by atoms with Gasteiger partial charge < -0.3 is 31.9 Å². The lowest BCUT2D eigenvalue weighted by Crippen LogP contribution is -2.34. The maximum Gasteiger partial charge on any atom is 0.333 e. The van der Waals surface area contributed by atoms with E-state index in [1.54, 1.807) is 48.5 Å². The van der Waals surface area contributed by atoms with E-state index >= 15 is 0 Å². The molecule has 0 aromatic heterocycles. The molecule has 0 heterocycles. The molecule has 0 fully saturated rings. The van der Waals surface area contributed by atoms with Crippen LogP contribution >= 0.6 is 23.2 Å². The molecule has 278 valence electrons. The molecule has 5 rings (SSSR count). The number of carbonyl (C=O) groups excluding carboxylic acids is 4. The summed E-state index contributed by atoms with van der Waals surface area (Å²) in [7, 11) is -8.63. The highest BCUT2D eigenvalue weighted by molar-refractivity contribution is 7.90. The number of sulfonamides is 2. The summed E-state index contributed by atoms with van der Waals surface area (Å²) >= 11 is 11.7. The molecule has 5 aromatic rings. The predicted molar refractivity (Wildman–Crippen MR) is 206 cm³/mol. The zero-order valence-electron chi connectivity index (χ0n) is 27.4. The smallest absolute Gasteiger partial charge is 0.308 e. The third kappa shape index (κ3) is 11.3. The molecule has 0 spiro atoms. The Labute approximate surface area is 318 Å². The molecule has 8 amide bonds. The van der Waals surface area contributed by atoms with Crippen molar-refractivity contribution >= 4 is 101 Å². The number of amides is 8. The van der Waals surface area contributed by atoms with Gasteiger partial charge in [0.25, 0.3) is 20.0 Å². The number of nitrogens with one attached hydrogen (secondary N) is 8. The highest BCUT2D eigenvalue weighted by atomic mass is 35.5. The van der Waals surface area contributed by atoms with Crippen LogP contribution < -0.4 is 41.3 Å². The average Bonchev–Trinajstić information content (AvgIpc) is 3.11. The third-order valence-electron chi connectivity index (χ3n) is 6.90. The van der Waals surface area contributed by atoms with Gasteiger partial charge in [0.2, 0.25) is 0 Å². The Kier molecular flexibility index (Phi) is 12.2. The van der Waals surface area contributed by atoms with E-state index in [0.29, 0.717) is 21.4 Å². The molecular weight excluding hydrogens is 783 g/mol. The van der Waals surface area contributed by atoms with Crippen LogP contribution in [-0.2, 0) is 20.0 Å². The first-order valence-electron chi connectivity index (χ1n) is 15.3. The highest BCUT2D eigenvalue weighted by Gasteiger charge is 2.20. The predicted octanol–water partition coefficient (Wildman–Crippen LogP) is 7.30. The van der Waals surface area contributed by atoms with Crippen molar-refractivity contribution in [1.82, 2.24) is 9.44 Å². The molecule has 0 atom stereocenters. The lowest BCUT2D eigenvalue weighted by molar-refractivity contribution is 0.255. The Balaban J connectivity index is 1.07. The molecule has 0 aliphatic heterocycles. The van der Waals surface area contributed by atoms with E-state index in [4.69, 9.17) is 23.2 Å².